The molecule has 2 aromatic rings. The molecule has 1 heterocycles. The standard InChI is InChI=1S/C19H20ClF2N3O3S/c1-13(19(26)23-16-5-2-14(20)3-6-16)24-8-10-25(11-9-24)29(27,28)18-12-15(21)4-7-17(18)22/h2-7,12-13H,8-11H2,1H3,(H,23,26). The Morgan fingerprint density at radius 1 is 1.07 bits per heavy atom. The molecule has 1 fully saturated rings. The maximum atomic E-state index is 13.9. The fourth-order valence-electron chi connectivity index (χ4n) is 3.09. The number of halogens is 3. The van der Waals surface area contributed by atoms with E-state index in [-0.39, 0.29) is 32.1 Å². The van der Waals surface area contributed by atoms with Crippen molar-refractivity contribution >= 4 is 33.2 Å². The molecule has 1 aliphatic rings. The third-order valence-corrected chi connectivity index (χ3v) is 6.99. The average Bonchev–Trinajstić information content (AvgIpc) is 2.71. The lowest BCUT2D eigenvalue weighted by Crippen LogP contribution is -2.54. The second-order valence-electron chi connectivity index (χ2n) is 6.69. The van der Waals surface area contributed by atoms with Crippen molar-refractivity contribution in [3.05, 3.63) is 59.1 Å². The van der Waals surface area contributed by atoms with Crippen molar-refractivity contribution < 1.29 is 22.0 Å². The second kappa shape index (κ2) is 8.74. The van der Waals surface area contributed by atoms with Crippen molar-refractivity contribution in [2.24, 2.45) is 0 Å². The van der Waals surface area contributed by atoms with E-state index in [2.05, 4.69) is 5.32 Å². The molecule has 1 saturated heterocycles. The lowest BCUT2D eigenvalue weighted by molar-refractivity contribution is -0.121. The monoisotopic (exact) mass is 443 g/mol. The maximum Gasteiger partial charge on any atom is 0.246 e. The van der Waals surface area contributed by atoms with Crippen molar-refractivity contribution in [3.63, 3.8) is 0 Å². The number of anilines is 1. The van der Waals surface area contributed by atoms with Gasteiger partial charge in [0, 0.05) is 36.9 Å². The van der Waals surface area contributed by atoms with Gasteiger partial charge in [-0.1, -0.05) is 11.6 Å². The number of hydrogen-bond acceptors (Lipinski definition) is 4. The highest BCUT2D eigenvalue weighted by molar-refractivity contribution is 7.89. The Balaban J connectivity index is 1.62. The van der Waals surface area contributed by atoms with Crippen molar-refractivity contribution in [2.45, 2.75) is 17.9 Å². The summed E-state index contributed by atoms with van der Waals surface area (Å²) in [4.78, 5) is 13.6. The molecule has 1 aliphatic heterocycles. The number of carbonyl (C=O) groups excluding carboxylic acids is 1. The first-order valence-corrected chi connectivity index (χ1v) is 10.8. The number of carbonyl (C=O) groups is 1. The summed E-state index contributed by atoms with van der Waals surface area (Å²) in [5, 5.41) is 3.34. The van der Waals surface area contributed by atoms with Crippen molar-refractivity contribution in [3.8, 4) is 0 Å². The van der Waals surface area contributed by atoms with Gasteiger partial charge in [-0.3, -0.25) is 9.69 Å². The van der Waals surface area contributed by atoms with Gasteiger partial charge in [-0.15, -0.1) is 0 Å². The topological polar surface area (TPSA) is 69.7 Å². The van der Waals surface area contributed by atoms with Crippen molar-refractivity contribution in [2.75, 3.05) is 31.5 Å². The van der Waals surface area contributed by atoms with Gasteiger partial charge in [0.25, 0.3) is 0 Å². The Hall–Kier alpha value is -2.07. The van der Waals surface area contributed by atoms with Gasteiger partial charge in [0.15, 0.2) is 0 Å². The Morgan fingerprint density at radius 2 is 1.69 bits per heavy atom. The number of rotatable bonds is 5. The van der Waals surface area contributed by atoms with Gasteiger partial charge >= 0.3 is 0 Å². The number of hydrogen-bond donors (Lipinski definition) is 1. The molecule has 1 atom stereocenters. The Kier molecular flexibility index (Phi) is 6.52. The highest BCUT2D eigenvalue weighted by Crippen LogP contribution is 2.22. The predicted molar refractivity (Wildman–Crippen MR) is 106 cm³/mol. The molecule has 0 saturated carbocycles. The molecule has 29 heavy (non-hydrogen) atoms. The third kappa shape index (κ3) is 4.92. The zero-order valence-corrected chi connectivity index (χ0v) is 17.2. The molecule has 10 heteroatoms. The van der Waals surface area contributed by atoms with Gasteiger partial charge in [-0.05, 0) is 49.4 Å². The minimum atomic E-state index is -4.16. The van der Waals surface area contributed by atoms with Crippen LogP contribution in [0.1, 0.15) is 6.92 Å². The molecule has 0 aromatic heterocycles. The first kappa shape index (κ1) is 21.6. The van der Waals surface area contributed by atoms with Crippen LogP contribution in [0.3, 0.4) is 0 Å². The van der Waals surface area contributed by atoms with Crippen LogP contribution in [0.5, 0.6) is 0 Å². The lowest BCUT2D eigenvalue weighted by Gasteiger charge is -2.36. The number of nitrogens with one attached hydrogen (secondary N) is 1. The highest BCUT2D eigenvalue weighted by atomic mass is 35.5. The molecule has 6 nitrogen and oxygen atoms in total. The van der Waals surface area contributed by atoms with Crippen LogP contribution in [0.15, 0.2) is 47.4 Å². The van der Waals surface area contributed by atoms with Crippen LogP contribution < -0.4 is 5.32 Å². The quantitative estimate of drug-likeness (QED) is 0.771. The van der Waals surface area contributed by atoms with Gasteiger partial charge < -0.3 is 5.32 Å². The summed E-state index contributed by atoms with van der Waals surface area (Å²) in [6.07, 6.45) is 0. The molecule has 0 spiro atoms. The van der Waals surface area contributed by atoms with Crippen LogP contribution in [-0.2, 0) is 14.8 Å². The van der Waals surface area contributed by atoms with Crippen LogP contribution in [0.2, 0.25) is 5.02 Å². The minimum Gasteiger partial charge on any atom is -0.325 e. The van der Waals surface area contributed by atoms with Gasteiger partial charge in [0.1, 0.15) is 16.5 Å². The summed E-state index contributed by atoms with van der Waals surface area (Å²) < 4.78 is 53.7. The van der Waals surface area contributed by atoms with Gasteiger partial charge in [-0.25, -0.2) is 17.2 Å². The fourth-order valence-corrected chi connectivity index (χ4v) is 4.72. The summed E-state index contributed by atoms with van der Waals surface area (Å²) >= 11 is 5.83. The summed E-state index contributed by atoms with van der Waals surface area (Å²) in [6.45, 7) is 2.42. The zero-order chi connectivity index (χ0) is 21.2. The molecule has 3 rings (SSSR count). The van der Waals surface area contributed by atoms with Crippen LogP contribution in [0.25, 0.3) is 0 Å². The third-order valence-electron chi connectivity index (χ3n) is 4.82. The van der Waals surface area contributed by atoms with E-state index in [1.54, 1.807) is 31.2 Å². The van der Waals surface area contributed by atoms with E-state index in [4.69, 9.17) is 11.6 Å². The first-order valence-electron chi connectivity index (χ1n) is 8.94. The largest absolute Gasteiger partial charge is 0.325 e. The number of amides is 1. The fraction of sp³-hybridized carbons (Fsp3) is 0.316. The minimum absolute atomic E-state index is 0.0663. The number of benzene rings is 2. The smallest absolute Gasteiger partial charge is 0.246 e. The van der Waals surface area contributed by atoms with E-state index < -0.39 is 32.6 Å². The molecular weight excluding hydrogens is 424 g/mol. The number of sulfonamides is 1. The van der Waals surface area contributed by atoms with Crippen molar-refractivity contribution in [1.82, 2.24) is 9.21 Å². The molecule has 1 amide bonds. The number of piperazine rings is 1. The SMILES string of the molecule is CC(C(=O)Nc1ccc(Cl)cc1)N1CCN(S(=O)(=O)c2cc(F)ccc2F)CC1. The van der Waals surface area contributed by atoms with Gasteiger partial charge in [0.2, 0.25) is 15.9 Å². The van der Waals surface area contributed by atoms with E-state index in [0.29, 0.717) is 16.8 Å². The molecule has 0 aliphatic carbocycles. The summed E-state index contributed by atoms with van der Waals surface area (Å²) in [7, 11) is -4.16. The normalized spacial score (nSPS) is 17.1. The average molecular weight is 444 g/mol. The Labute approximate surface area is 173 Å². The van der Waals surface area contributed by atoms with E-state index in [1.165, 1.54) is 0 Å². The highest BCUT2D eigenvalue weighted by Gasteiger charge is 2.33. The summed E-state index contributed by atoms with van der Waals surface area (Å²) in [5.74, 6) is -2.06. The van der Waals surface area contributed by atoms with Gasteiger partial charge in [-0.2, -0.15) is 4.31 Å². The second-order valence-corrected chi connectivity index (χ2v) is 9.03. The molecule has 1 unspecified atom stereocenters. The van der Waals surface area contributed by atoms with Gasteiger partial charge in [0.05, 0.1) is 6.04 Å². The Bertz CT molecular complexity index is 994. The molecule has 1 N–H and O–H groups in total. The van der Waals surface area contributed by atoms with E-state index >= 15 is 0 Å². The Morgan fingerprint density at radius 3 is 2.31 bits per heavy atom. The van der Waals surface area contributed by atoms with Crippen LogP contribution in [0.4, 0.5) is 14.5 Å². The first-order chi connectivity index (χ1) is 13.7. The van der Waals surface area contributed by atoms with E-state index in [1.807, 2.05) is 4.90 Å². The number of nitrogens with zero attached hydrogens (tertiary/aromatic N) is 2. The van der Waals surface area contributed by atoms with Crippen molar-refractivity contribution in [1.29, 1.82) is 0 Å². The van der Waals surface area contributed by atoms with Crippen LogP contribution >= 0.6 is 11.6 Å². The molecule has 156 valence electrons. The molecule has 0 bridgehead atoms. The maximum absolute atomic E-state index is 13.9. The lowest BCUT2D eigenvalue weighted by atomic mass is 10.2. The summed E-state index contributed by atoms with van der Waals surface area (Å²) in [6, 6.07) is 8.54. The van der Waals surface area contributed by atoms with E-state index in [9.17, 15) is 22.0 Å². The van der Waals surface area contributed by atoms with Crippen LogP contribution in [-0.4, -0.2) is 55.8 Å². The molecule has 0 radical (unpaired) electrons. The zero-order valence-electron chi connectivity index (χ0n) is 15.6. The molecule has 2 aromatic carbocycles. The molecular formula is C19H20ClF2N3O3S. The predicted octanol–water partition coefficient (Wildman–Crippen LogP) is 2.95. The summed E-state index contributed by atoms with van der Waals surface area (Å²) in [5.41, 5.74) is 0.606. The van der Waals surface area contributed by atoms with Crippen LogP contribution in [0, 0.1) is 11.6 Å². The van der Waals surface area contributed by atoms with E-state index in [0.717, 1.165) is 16.4 Å².